The largest absolute Gasteiger partial charge is 0.396 e. The summed E-state index contributed by atoms with van der Waals surface area (Å²) in [4.78, 5) is 10.3. The van der Waals surface area contributed by atoms with Gasteiger partial charge in [-0.05, 0) is 12.8 Å². The molecule has 0 aliphatic rings. The molecule has 0 aromatic rings. The number of unbranched alkanes of at least 4 members (excludes halogenated alkanes) is 2. The van der Waals surface area contributed by atoms with Gasteiger partial charge in [-0.2, -0.15) is 0 Å². The third kappa shape index (κ3) is 5.91. The van der Waals surface area contributed by atoms with Crippen LogP contribution in [0.5, 0.6) is 0 Å². The monoisotopic (exact) mass is 166 g/mol. The molecular weight excluding hydrogens is 154 g/mol. The highest BCUT2D eigenvalue weighted by atomic mass is 19.3. The molecule has 0 aromatic heterocycles. The fraction of sp³-hybridized carbons (Fsp3) is 0.857. The van der Waals surface area contributed by atoms with Gasteiger partial charge in [-0.25, -0.2) is 8.78 Å². The Morgan fingerprint density at radius 2 is 1.91 bits per heavy atom. The molecule has 2 nitrogen and oxygen atoms in total. The minimum absolute atomic E-state index is 0.0584. The van der Waals surface area contributed by atoms with Gasteiger partial charge in [0.1, 0.15) is 0 Å². The van der Waals surface area contributed by atoms with E-state index in [1.54, 1.807) is 0 Å². The molecule has 0 saturated carbocycles. The lowest BCUT2D eigenvalue weighted by molar-refractivity contribution is -0.129. The Bertz CT molecular complexity index is 115. The van der Waals surface area contributed by atoms with Crippen LogP contribution in [0.15, 0.2) is 0 Å². The van der Waals surface area contributed by atoms with Crippen molar-refractivity contribution in [2.24, 2.45) is 0 Å². The maximum Gasteiger partial charge on any atom is 0.295 e. The maximum atomic E-state index is 11.5. The second-order valence-corrected chi connectivity index (χ2v) is 2.30. The number of ketones is 1. The summed E-state index contributed by atoms with van der Waals surface area (Å²) in [5.74, 6) is -0.997. The number of halogens is 2. The van der Waals surface area contributed by atoms with E-state index in [1.807, 2.05) is 0 Å². The third-order valence-corrected chi connectivity index (χ3v) is 1.32. The predicted molar refractivity (Wildman–Crippen MR) is 36.6 cm³/mol. The lowest BCUT2D eigenvalue weighted by Crippen LogP contribution is -2.08. The number of hydrogen-bond donors (Lipinski definition) is 1. The average Bonchev–Trinajstić information content (AvgIpc) is 1.97. The SMILES string of the molecule is O=C(CCCCCO)C(F)F. The number of rotatable bonds is 6. The van der Waals surface area contributed by atoms with Crippen molar-refractivity contribution >= 4 is 5.78 Å². The molecule has 0 rings (SSSR count). The average molecular weight is 166 g/mol. The Morgan fingerprint density at radius 3 is 2.36 bits per heavy atom. The molecule has 66 valence electrons. The van der Waals surface area contributed by atoms with Gasteiger partial charge in [0.25, 0.3) is 6.43 Å². The first kappa shape index (κ1) is 10.5. The van der Waals surface area contributed by atoms with Gasteiger partial charge in [0, 0.05) is 13.0 Å². The third-order valence-electron chi connectivity index (χ3n) is 1.32. The van der Waals surface area contributed by atoms with Crippen LogP contribution in [0.25, 0.3) is 0 Å². The van der Waals surface area contributed by atoms with Crippen molar-refractivity contribution in [3.05, 3.63) is 0 Å². The Hall–Kier alpha value is -0.510. The van der Waals surface area contributed by atoms with Crippen molar-refractivity contribution in [3.63, 3.8) is 0 Å². The van der Waals surface area contributed by atoms with Crippen molar-refractivity contribution in [2.75, 3.05) is 6.61 Å². The fourth-order valence-electron chi connectivity index (χ4n) is 0.697. The van der Waals surface area contributed by atoms with Gasteiger partial charge >= 0.3 is 0 Å². The molecule has 0 unspecified atom stereocenters. The van der Waals surface area contributed by atoms with Crippen molar-refractivity contribution in [1.82, 2.24) is 0 Å². The quantitative estimate of drug-likeness (QED) is 0.605. The zero-order chi connectivity index (χ0) is 8.69. The van der Waals surface area contributed by atoms with Gasteiger partial charge < -0.3 is 5.11 Å². The first-order chi connectivity index (χ1) is 5.18. The summed E-state index contributed by atoms with van der Waals surface area (Å²) in [6, 6.07) is 0. The fourth-order valence-corrected chi connectivity index (χ4v) is 0.697. The zero-order valence-corrected chi connectivity index (χ0v) is 6.22. The highest BCUT2D eigenvalue weighted by Gasteiger charge is 2.13. The number of carbonyl (C=O) groups excluding carboxylic acids is 1. The Kier molecular flexibility index (Phi) is 5.93. The van der Waals surface area contributed by atoms with Crippen LogP contribution in [-0.2, 0) is 4.79 Å². The van der Waals surface area contributed by atoms with E-state index < -0.39 is 12.2 Å². The van der Waals surface area contributed by atoms with Crippen molar-refractivity contribution < 1.29 is 18.7 Å². The topological polar surface area (TPSA) is 37.3 Å². The van der Waals surface area contributed by atoms with Crippen LogP contribution < -0.4 is 0 Å². The molecule has 1 N–H and O–H groups in total. The lowest BCUT2D eigenvalue weighted by atomic mass is 10.1. The van der Waals surface area contributed by atoms with E-state index in [0.29, 0.717) is 19.3 Å². The molecule has 0 spiro atoms. The van der Waals surface area contributed by atoms with Crippen molar-refractivity contribution in [3.8, 4) is 0 Å². The smallest absolute Gasteiger partial charge is 0.295 e. The van der Waals surface area contributed by atoms with E-state index in [1.165, 1.54) is 0 Å². The van der Waals surface area contributed by atoms with Crippen LogP contribution in [0.2, 0.25) is 0 Å². The molecule has 0 aliphatic heterocycles. The van der Waals surface area contributed by atoms with Crippen molar-refractivity contribution in [1.29, 1.82) is 0 Å². The van der Waals surface area contributed by atoms with Gasteiger partial charge in [-0.3, -0.25) is 4.79 Å². The summed E-state index contributed by atoms with van der Waals surface area (Å²) in [5, 5.41) is 8.31. The molecule has 0 heterocycles. The van der Waals surface area contributed by atoms with Gasteiger partial charge in [0.15, 0.2) is 5.78 Å². The van der Waals surface area contributed by atoms with Gasteiger partial charge in [0.05, 0.1) is 0 Å². The van der Waals surface area contributed by atoms with Crippen molar-refractivity contribution in [2.45, 2.75) is 32.1 Å². The Labute approximate surface area is 64.2 Å². The molecule has 0 aliphatic carbocycles. The molecule has 4 heteroatoms. The maximum absolute atomic E-state index is 11.5. The predicted octanol–water partition coefficient (Wildman–Crippen LogP) is 1.37. The summed E-state index contributed by atoms with van der Waals surface area (Å²) in [7, 11) is 0. The van der Waals surface area contributed by atoms with Gasteiger partial charge in [0.2, 0.25) is 0 Å². The second kappa shape index (κ2) is 6.22. The number of aliphatic hydroxyl groups excluding tert-OH is 1. The van der Waals surface area contributed by atoms with Crippen LogP contribution in [0.1, 0.15) is 25.7 Å². The molecule has 11 heavy (non-hydrogen) atoms. The number of alkyl halides is 2. The van der Waals surface area contributed by atoms with Gasteiger partial charge in [-0.15, -0.1) is 0 Å². The molecule has 0 aromatic carbocycles. The molecule has 0 bridgehead atoms. The summed E-state index contributed by atoms with van der Waals surface area (Å²) in [6.07, 6.45) is -1.24. The van der Waals surface area contributed by atoms with E-state index in [9.17, 15) is 13.6 Å². The molecule has 0 amide bonds. The van der Waals surface area contributed by atoms with Crippen LogP contribution >= 0.6 is 0 Å². The van der Waals surface area contributed by atoms with E-state index in [0.717, 1.165) is 0 Å². The van der Waals surface area contributed by atoms with E-state index >= 15 is 0 Å². The molecule has 0 atom stereocenters. The molecular formula is C7H12F2O2. The normalized spacial score (nSPS) is 10.5. The zero-order valence-electron chi connectivity index (χ0n) is 6.22. The van der Waals surface area contributed by atoms with E-state index in [-0.39, 0.29) is 13.0 Å². The Morgan fingerprint density at radius 1 is 1.27 bits per heavy atom. The minimum Gasteiger partial charge on any atom is -0.396 e. The first-order valence-electron chi connectivity index (χ1n) is 3.60. The number of Topliss-reactive ketones (excluding diaryl/α,β-unsaturated/α-hetero) is 1. The van der Waals surface area contributed by atoms with Crippen LogP contribution in [0.4, 0.5) is 8.78 Å². The summed E-state index contributed by atoms with van der Waals surface area (Å²) >= 11 is 0. The standard InChI is InChI=1S/C7H12F2O2/c8-7(9)6(11)4-2-1-3-5-10/h7,10H,1-5H2. The minimum atomic E-state index is -2.83. The van der Waals surface area contributed by atoms with Gasteiger partial charge in [-0.1, -0.05) is 6.42 Å². The molecule has 0 fully saturated rings. The highest BCUT2D eigenvalue weighted by molar-refractivity contribution is 5.81. The van der Waals surface area contributed by atoms with Crippen LogP contribution in [0.3, 0.4) is 0 Å². The second-order valence-electron chi connectivity index (χ2n) is 2.30. The number of aliphatic hydroxyl groups is 1. The summed E-state index contributed by atoms with van der Waals surface area (Å²) in [6.45, 7) is 0.0584. The summed E-state index contributed by atoms with van der Waals surface area (Å²) in [5.41, 5.74) is 0. The van der Waals surface area contributed by atoms with Crippen LogP contribution in [0, 0.1) is 0 Å². The molecule has 0 saturated heterocycles. The number of hydrogen-bond acceptors (Lipinski definition) is 2. The molecule has 0 radical (unpaired) electrons. The van der Waals surface area contributed by atoms with E-state index in [2.05, 4.69) is 0 Å². The van der Waals surface area contributed by atoms with E-state index in [4.69, 9.17) is 5.11 Å². The lowest BCUT2D eigenvalue weighted by Gasteiger charge is -1.97. The Balaban J connectivity index is 3.18. The first-order valence-corrected chi connectivity index (χ1v) is 3.60. The summed E-state index contributed by atoms with van der Waals surface area (Å²) < 4.78 is 23.1. The van der Waals surface area contributed by atoms with Crippen LogP contribution in [-0.4, -0.2) is 23.9 Å². The number of carbonyl (C=O) groups is 1. The highest BCUT2D eigenvalue weighted by Crippen LogP contribution is 2.04.